The maximum absolute atomic E-state index is 13.4. The van der Waals surface area contributed by atoms with Crippen LogP contribution in [0.4, 0.5) is 4.39 Å². The van der Waals surface area contributed by atoms with E-state index in [4.69, 9.17) is 0 Å². The van der Waals surface area contributed by atoms with Gasteiger partial charge in [0.2, 0.25) is 0 Å². The van der Waals surface area contributed by atoms with Gasteiger partial charge in [-0.1, -0.05) is 19.9 Å². The summed E-state index contributed by atoms with van der Waals surface area (Å²) in [5.41, 5.74) is 0.330. The zero-order valence-electron chi connectivity index (χ0n) is 13.2. The van der Waals surface area contributed by atoms with Gasteiger partial charge in [0.15, 0.2) is 11.9 Å². The Bertz CT molecular complexity index is 946. The number of halogens is 2. The van der Waals surface area contributed by atoms with E-state index in [1.807, 2.05) is 13.8 Å². The van der Waals surface area contributed by atoms with E-state index < -0.39 is 15.9 Å². The minimum Gasteiger partial charge on any atom is -0.298 e. The average molecular weight is 415 g/mol. The summed E-state index contributed by atoms with van der Waals surface area (Å²) in [5, 5.41) is 0.419. The SMILES string of the molecule is CC.O=Cc1cn(S(=O)(=O)C2=CCCC(F)=C2)c2nc(Br)ccc12. The van der Waals surface area contributed by atoms with Gasteiger partial charge in [-0.2, -0.15) is 0 Å². The molecule has 2 heterocycles. The van der Waals surface area contributed by atoms with Gasteiger partial charge in [-0.3, -0.25) is 4.79 Å². The van der Waals surface area contributed by atoms with Crippen LogP contribution in [0.5, 0.6) is 0 Å². The Balaban J connectivity index is 0.00000100. The number of pyridine rings is 1. The third-order valence-corrected chi connectivity index (χ3v) is 5.45. The molecule has 0 fully saturated rings. The molecule has 0 unspecified atom stereocenters. The van der Waals surface area contributed by atoms with Crippen molar-refractivity contribution >= 4 is 43.3 Å². The van der Waals surface area contributed by atoms with E-state index in [0.29, 0.717) is 22.7 Å². The van der Waals surface area contributed by atoms with Gasteiger partial charge in [-0.15, -0.1) is 0 Å². The average Bonchev–Trinajstić information content (AvgIpc) is 2.95. The first-order valence-electron chi connectivity index (χ1n) is 7.38. The fourth-order valence-electron chi connectivity index (χ4n) is 2.28. The Morgan fingerprint density at radius 2 is 2.04 bits per heavy atom. The molecule has 0 atom stereocenters. The minimum atomic E-state index is -4.01. The Kier molecular flexibility index (Phi) is 5.71. The van der Waals surface area contributed by atoms with Crippen LogP contribution in [0.3, 0.4) is 0 Å². The summed E-state index contributed by atoms with van der Waals surface area (Å²) in [6.07, 6.45) is 4.73. The molecule has 0 saturated carbocycles. The largest absolute Gasteiger partial charge is 0.298 e. The third kappa shape index (κ3) is 3.34. The van der Waals surface area contributed by atoms with E-state index in [0.717, 1.165) is 10.0 Å². The smallest absolute Gasteiger partial charge is 0.269 e. The van der Waals surface area contributed by atoms with Crippen LogP contribution in [0.15, 0.2) is 45.8 Å². The number of fused-ring (bicyclic) bond motifs is 1. The minimum absolute atomic E-state index is 0.122. The zero-order valence-corrected chi connectivity index (χ0v) is 15.6. The van der Waals surface area contributed by atoms with Crippen LogP contribution in [0, 0.1) is 0 Å². The second kappa shape index (κ2) is 7.40. The molecule has 2 aromatic rings. The van der Waals surface area contributed by atoms with Gasteiger partial charge in [-0.25, -0.2) is 21.8 Å². The first-order valence-corrected chi connectivity index (χ1v) is 9.61. The van der Waals surface area contributed by atoms with Crippen molar-refractivity contribution in [3.05, 3.63) is 51.4 Å². The van der Waals surface area contributed by atoms with E-state index in [2.05, 4.69) is 20.9 Å². The van der Waals surface area contributed by atoms with E-state index in [-0.39, 0.29) is 22.5 Å². The second-order valence-electron chi connectivity index (χ2n) is 4.74. The maximum Gasteiger partial charge on any atom is 0.269 e. The van der Waals surface area contributed by atoms with Gasteiger partial charge in [0.25, 0.3) is 10.0 Å². The van der Waals surface area contributed by atoms with E-state index >= 15 is 0 Å². The summed E-state index contributed by atoms with van der Waals surface area (Å²) in [6.45, 7) is 4.00. The summed E-state index contributed by atoms with van der Waals surface area (Å²) in [5.74, 6) is -0.484. The van der Waals surface area contributed by atoms with E-state index in [9.17, 15) is 17.6 Å². The molecule has 3 rings (SSSR count). The van der Waals surface area contributed by atoms with Crippen molar-refractivity contribution in [2.24, 2.45) is 0 Å². The van der Waals surface area contributed by atoms with Gasteiger partial charge >= 0.3 is 0 Å². The number of carbonyl (C=O) groups excluding carboxylic acids is 1. The molecule has 0 amide bonds. The standard InChI is InChI=1S/C14H10BrFN2O3S.C2H6/c15-13-5-4-12-9(8-19)7-18(14(12)17-13)22(20,21)11-3-1-2-10(16)6-11;1-2/h3-8H,1-2H2;1-2H3. The van der Waals surface area contributed by atoms with Crippen molar-refractivity contribution in [3.8, 4) is 0 Å². The molecule has 128 valence electrons. The van der Waals surface area contributed by atoms with Gasteiger partial charge in [0, 0.05) is 23.6 Å². The number of allylic oxidation sites excluding steroid dienone is 3. The number of hydrogen-bond acceptors (Lipinski definition) is 4. The van der Waals surface area contributed by atoms with Crippen LogP contribution in [0.2, 0.25) is 0 Å². The van der Waals surface area contributed by atoms with Gasteiger partial charge in [0.1, 0.15) is 10.4 Å². The van der Waals surface area contributed by atoms with Crippen LogP contribution in [-0.2, 0) is 10.0 Å². The molecule has 0 spiro atoms. The van der Waals surface area contributed by atoms with Crippen molar-refractivity contribution in [3.63, 3.8) is 0 Å². The Morgan fingerprint density at radius 1 is 1.33 bits per heavy atom. The molecular formula is C16H16BrFN2O3S. The van der Waals surface area contributed by atoms with E-state index in [1.54, 1.807) is 12.1 Å². The zero-order chi connectivity index (χ0) is 17.9. The van der Waals surface area contributed by atoms with Crippen LogP contribution >= 0.6 is 15.9 Å². The lowest BCUT2D eigenvalue weighted by molar-refractivity contribution is 0.112. The van der Waals surface area contributed by atoms with Gasteiger partial charge in [-0.05, 0) is 40.6 Å². The number of hydrogen-bond donors (Lipinski definition) is 0. The Hall–Kier alpha value is -1.80. The number of rotatable bonds is 3. The lowest BCUT2D eigenvalue weighted by Crippen LogP contribution is -2.15. The normalized spacial score (nSPS) is 14.5. The molecule has 2 aromatic heterocycles. The van der Waals surface area contributed by atoms with Crippen LogP contribution in [-0.4, -0.2) is 23.7 Å². The number of carbonyl (C=O) groups is 1. The fraction of sp³-hybridized carbons (Fsp3) is 0.250. The van der Waals surface area contributed by atoms with Crippen LogP contribution in [0.25, 0.3) is 11.0 Å². The highest BCUT2D eigenvalue weighted by molar-refractivity contribution is 9.10. The highest BCUT2D eigenvalue weighted by Crippen LogP contribution is 2.28. The summed E-state index contributed by atoms with van der Waals surface area (Å²) in [6, 6.07) is 3.22. The molecule has 0 saturated heterocycles. The first kappa shape index (κ1) is 18.5. The monoisotopic (exact) mass is 414 g/mol. The quantitative estimate of drug-likeness (QED) is 0.552. The number of aromatic nitrogens is 2. The third-order valence-electron chi connectivity index (χ3n) is 3.33. The van der Waals surface area contributed by atoms with Gasteiger partial charge < -0.3 is 0 Å². The fourth-order valence-corrected chi connectivity index (χ4v) is 4.04. The number of aldehydes is 1. The summed E-state index contributed by atoms with van der Waals surface area (Å²) < 4.78 is 40.1. The maximum atomic E-state index is 13.4. The molecule has 1 aliphatic carbocycles. The molecule has 24 heavy (non-hydrogen) atoms. The first-order chi connectivity index (χ1) is 11.4. The molecule has 0 aliphatic heterocycles. The summed E-state index contributed by atoms with van der Waals surface area (Å²) in [4.78, 5) is 15.1. The van der Waals surface area contributed by atoms with Crippen molar-refractivity contribution in [1.29, 1.82) is 0 Å². The van der Waals surface area contributed by atoms with Crippen LogP contribution < -0.4 is 0 Å². The molecule has 0 bridgehead atoms. The van der Waals surface area contributed by atoms with Crippen molar-refractivity contribution in [1.82, 2.24) is 8.96 Å². The molecule has 5 nitrogen and oxygen atoms in total. The van der Waals surface area contributed by atoms with E-state index in [1.165, 1.54) is 12.3 Å². The predicted molar refractivity (Wildman–Crippen MR) is 95.0 cm³/mol. The summed E-state index contributed by atoms with van der Waals surface area (Å²) in [7, 11) is -4.01. The van der Waals surface area contributed by atoms with Crippen molar-refractivity contribution in [2.45, 2.75) is 26.7 Å². The van der Waals surface area contributed by atoms with Crippen molar-refractivity contribution in [2.75, 3.05) is 0 Å². The molecule has 0 radical (unpaired) electrons. The lowest BCUT2D eigenvalue weighted by Gasteiger charge is -2.11. The highest BCUT2D eigenvalue weighted by atomic mass is 79.9. The van der Waals surface area contributed by atoms with Crippen LogP contribution in [0.1, 0.15) is 37.0 Å². The van der Waals surface area contributed by atoms with Gasteiger partial charge in [0.05, 0.1) is 4.91 Å². The predicted octanol–water partition coefficient (Wildman–Crippen LogP) is 4.35. The molecule has 1 aliphatic rings. The molecule has 0 aromatic carbocycles. The molecule has 8 heteroatoms. The second-order valence-corrected chi connectivity index (χ2v) is 7.37. The highest BCUT2D eigenvalue weighted by Gasteiger charge is 2.25. The Labute approximate surface area is 148 Å². The van der Waals surface area contributed by atoms with Crippen molar-refractivity contribution < 1.29 is 17.6 Å². The Morgan fingerprint density at radius 3 is 2.67 bits per heavy atom. The molecule has 0 N–H and O–H groups in total. The molecular weight excluding hydrogens is 399 g/mol. The number of nitrogens with zero attached hydrogens (tertiary/aromatic N) is 2. The summed E-state index contributed by atoms with van der Waals surface area (Å²) >= 11 is 3.18. The lowest BCUT2D eigenvalue weighted by atomic mass is 10.2. The topological polar surface area (TPSA) is 69.0 Å².